The molecule has 0 unspecified atom stereocenters. The molecule has 0 saturated carbocycles. The van der Waals surface area contributed by atoms with Gasteiger partial charge in [0.2, 0.25) is 0 Å². The monoisotopic (exact) mass is 334 g/mol. The summed E-state index contributed by atoms with van der Waals surface area (Å²) in [5.41, 5.74) is 2.78. The molecule has 1 aliphatic rings. The fraction of sp³-hybridized carbons (Fsp3) is 0.250. The minimum absolute atomic E-state index is 0.242. The van der Waals surface area contributed by atoms with E-state index in [0.717, 1.165) is 41.4 Å². The molecule has 0 atom stereocenters. The van der Waals surface area contributed by atoms with E-state index in [-0.39, 0.29) is 5.82 Å². The zero-order valence-electron chi connectivity index (χ0n) is 13.9. The van der Waals surface area contributed by atoms with Gasteiger partial charge in [-0.15, -0.1) is 10.2 Å². The number of nitrogens with zero attached hydrogens (tertiary/aromatic N) is 4. The second-order valence-corrected chi connectivity index (χ2v) is 6.26. The third-order valence-corrected chi connectivity index (χ3v) is 4.47. The standard InChI is InChI=1S/C20H19FN4/c21-17-9-5-15(6-10-17)14-22-18-11-7-16(8-12-18)20-24-23-19-4-2-1-3-13-25(19)20/h5-12,14H,1-4,13H2. The molecule has 25 heavy (non-hydrogen) atoms. The maximum atomic E-state index is 12.9. The normalized spacial score (nSPS) is 14.4. The van der Waals surface area contributed by atoms with Crippen LogP contribution in [0.1, 0.15) is 30.7 Å². The van der Waals surface area contributed by atoms with Gasteiger partial charge in [-0.25, -0.2) is 4.39 Å². The number of fused-ring (bicyclic) bond motifs is 1. The van der Waals surface area contributed by atoms with E-state index in [4.69, 9.17) is 0 Å². The topological polar surface area (TPSA) is 43.1 Å². The lowest BCUT2D eigenvalue weighted by molar-refractivity contribution is 0.628. The maximum Gasteiger partial charge on any atom is 0.163 e. The summed E-state index contributed by atoms with van der Waals surface area (Å²) < 4.78 is 15.2. The Balaban J connectivity index is 1.54. The first kappa shape index (κ1) is 15.7. The summed E-state index contributed by atoms with van der Waals surface area (Å²) in [5, 5.41) is 8.73. The van der Waals surface area contributed by atoms with E-state index in [1.165, 1.54) is 31.4 Å². The Labute approximate surface area is 146 Å². The fourth-order valence-electron chi connectivity index (χ4n) is 3.09. The van der Waals surface area contributed by atoms with Crippen molar-refractivity contribution in [3.05, 3.63) is 65.7 Å². The minimum atomic E-state index is -0.242. The van der Waals surface area contributed by atoms with Gasteiger partial charge in [0.15, 0.2) is 5.82 Å². The highest BCUT2D eigenvalue weighted by molar-refractivity contribution is 5.82. The first-order valence-electron chi connectivity index (χ1n) is 8.62. The molecule has 0 aliphatic carbocycles. The molecule has 0 N–H and O–H groups in total. The Morgan fingerprint density at radius 3 is 2.52 bits per heavy atom. The highest BCUT2D eigenvalue weighted by Gasteiger charge is 2.15. The predicted octanol–water partition coefficient (Wildman–Crippen LogP) is 4.56. The van der Waals surface area contributed by atoms with Crippen LogP contribution in [-0.4, -0.2) is 21.0 Å². The number of aromatic nitrogens is 3. The molecule has 2 heterocycles. The van der Waals surface area contributed by atoms with Crippen molar-refractivity contribution in [2.75, 3.05) is 0 Å². The van der Waals surface area contributed by atoms with Crippen LogP contribution >= 0.6 is 0 Å². The molecule has 126 valence electrons. The number of aliphatic imine (C=N–C) groups is 1. The summed E-state index contributed by atoms with van der Waals surface area (Å²) in [6, 6.07) is 14.3. The molecule has 4 rings (SSSR count). The Kier molecular flexibility index (Phi) is 4.37. The van der Waals surface area contributed by atoms with Crippen LogP contribution in [0, 0.1) is 5.82 Å². The summed E-state index contributed by atoms with van der Waals surface area (Å²) in [4.78, 5) is 4.44. The summed E-state index contributed by atoms with van der Waals surface area (Å²) in [6.45, 7) is 0.988. The first-order chi connectivity index (χ1) is 12.3. The summed E-state index contributed by atoms with van der Waals surface area (Å²) in [5.74, 6) is 1.78. The van der Waals surface area contributed by atoms with Gasteiger partial charge in [0.25, 0.3) is 0 Å². The lowest BCUT2D eigenvalue weighted by Gasteiger charge is -2.07. The Bertz CT molecular complexity index is 879. The fourth-order valence-corrected chi connectivity index (χ4v) is 3.09. The molecule has 3 aromatic rings. The summed E-state index contributed by atoms with van der Waals surface area (Å²) >= 11 is 0. The summed E-state index contributed by atoms with van der Waals surface area (Å²) in [7, 11) is 0. The van der Waals surface area contributed by atoms with E-state index in [1.807, 2.05) is 24.3 Å². The van der Waals surface area contributed by atoms with Crippen molar-refractivity contribution in [1.29, 1.82) is 0 Å². The molecule has 1 aliphatic heterocycles. The van der Waals surface area contributed by atoms with Crippen molar-refractivity contribution < 1.29 is 4.39 Å². The predicted molar refractivity (Wildman–Crippen MR) is 96.7 cm³/mol. The number of halogens is 1. The van der Waals surface area contributed by atoms with Crippen molar-refractivity contribution in [3.8, 4) is 11.4 Å². The molecule has 4 nitrogen and oxygen atoms in total. The minimum Gasteiger partial charge on any atom is -0.311 e. The summed E-state index contributed by atoms with van der Waals surface area (Å²) in [6.07, 6.45) is 6.36. The van der Waals surface area contributed by atoms with Crippen molar-refractivity contribution in [3.63, 3.8) is 0 Å². The maximum absolute atomic E-state index is 12.9. The molecule has 2 aromatic carbocycles. The van der Waals surface area contributed by atoms with Gasteiger partial charge in [-0.2, -0.15) is 0 Å². The molecule has 0 bridgehead atoms. The third kappa shape index (κ3) is 3.50. The molecule has 0 fully saturated rings. The quantitative estimate of drug-likeness (QED) is 0.659. The number of rotatable bonds is 3. The van der Waals surface area contributed by atoms with Crippen LogP contribution in [0.5, 0.6) is 0 Å². The van der Waals surface area contributed by atoms with E-state index in [2.05, 4.69) is 19.8 Å². The van der Waals surface area contributed by atoms with Gasteiger partial charge in [0.05, 0.1) is 5.69 Å². The molecule has 1 aromatic heterocycles. The second-order valence-electron chi connectivity index (χ2n) is 6.26. The molecule has 0 amide bonds. The van der Waals surface area contributed by atoms with Gasteiger partial charge < -0.3 is 4.57 Å². The van der Waals surface area contributed by atoms with Crippen LogP contribution in [0.4, 0.5) is 10.1 Å². The van der Waals surface area contributed by atoms with Gasteiger partial charge >= 0.3 is 0 Å². The van der Waals surface area contributed by atoms with Crippen LogP contribution in [0.2, 0.25) is 0 Å². The van der Waals surface area contributed by atoms with E-state index < -0.39 is 0 Å². The van der Waals surface area contributed by atoms with Crippen molar-refractivity contribution >= 4 is 11.9 Å². The zero-order valence-corrected chi connectivity index (χ0v) is 13.9. The third-order valence-electron chi connectivity index (χ3n) is 4.47. The lowest BCUT2D eigenvalue weighted by atomic mass is 10.2. The highest BCUT2D eigenvalue weighted by Crippen LogP contribution is 2.24. The number of hydrogen-bond acceptors (Lipinski definition) is 3. The molecule has 5 heteroatoms. The Morgan fingerprint density at radius 1 is 0.920 bits per heavy atom. The van der Waals surface area contributed by atoms with Crippen molar-refractivity contribution in [2.24, 2.45) is 4.99 Å². The lowest BCUT2D eigenvalue weighted by Crippen LogP contribution is -2.02. The second kappa shape index (κ2) is 6.97. The smallest absolute Gasteiger partial charge is 0.163 e. The largest absolute Gasteiger partial charge is 0.311 e. The van der Waals surface area contributed by atoms with Crippen molar-refractivity contribution in [2.45, 2.75) is 32.2 Å². The first-order valence-corrected chi connectivity index (χ1v) is 8.62. The van der Waals surface area contributed by atoms with Crippen LogP contribution < -0.4 is 0 Å². The van der Waals surface area contributed by atoms with Crippen molar-refractivity contribution in [1.82, 2.24) is 14.8 Å². The van der Waals surface area contributed by atoms with Gasteiger partial charge in [0, 0.05) is 24.7 Å². The van der Waals surface area contributed by atoms with Crippen LogP contribution in [0.15, 0.2) is 53.5 Å². The van der Waals surface area contributed by atoms with E-state index >= 15 is 0 Å². The average molecular weight is 334 g/mol. The Hall–Kier alpha value is -2.82. The van der Waals surface area contributed by atoms with Gasteiger partial charge in [-0.1, -0.05) is 18.6 Å². The number of benzene rings is 2. The average Bonchev–Trinajstić information content (AvgIpc) is 2.90. The molecule has 0 radical (unpaired) electrons. The molecule has 0 spiro atoms. The van der Waals surface area contributed by atoms with Crippen LogP contribution in [0.3, 0.4) is 0 Å². The van der Waals surface area contributed by atoms with Gasteiger partial charge in [-0.3, -0.25) is 4.99 Å². The van der Waals surface area contributed by atoms with E-state index in [1.54, 1.807) is 18.3 Å². The molecular formula is C20H19FN4. The van der Waals surface area contributed by atoms with Crippen LogP contribution in [0.25, 0.3) is 11.4 Å². The van der Waals surface area contributed by atoms with Gasteiger partial charge in [0.1, 0.15) is 11.6 Å². The van der Waals surface area contributed by atoms with E-state index in [0.29, 0.717) is 0 Å². The van der Waals surface area contributed by atoms with Crippen LogP contribution in [-0.2, 0) is 13.0 Å². The SMILES string of the molecule is Fc1ccc(C=Nc2ccc(-c3nnc4n3CCCCC4)cc2)cc1. The number of aryl methyl sites for hydroxylation is 1. The Morgan fingerprint density at radius 2 is 1.72 bits per heavy atom. The zero-order chi connectivity index (χ0) is 17.1. The molecular weight excluding hydrogens is 315 g/mol. The highest BCUT2D eigenvalue weighted by atomic mass is 19.1. The van der Waals surface area contributed by atoms with E-state index in [9.17, 15) is 4.39 Å². The molecule has 0 saturated heterocycles. The van der Waals surface area contributed by atoms with Gasteiger partial charge in [-0.05, 0) is 54.8 Å². The number of hydrogen-bond donors (Lipinski definition) is 0.